The third-order valence-electron chi connectivity index (χ3n) is 7.91. The molecule has 0 unspecified atom stereocenters. The van der Waals surface area contributed by atoms with Gasteiger partial charge in [0.15, 0.2) is 6.61 Å². The predicted molar refractivity (Wildman–Crippen MR) is 110 cm³/mol. The van der Waals surface area contributed by atoms with Crippen LogP contribution in [0.5, 0.6) is 5.75 Å². The van der Waals surface area contributed by atoms with Crippen LogP contribution in [0.15, 0.2) is 29.8 Å². The molecule has 7 heteroatoms. The summed E-state index contributed by atoms with van der Waals surface area (Å²) in [5.74, 6) is 0.200. The first-order valence-electron chi connectivity index (χ1n) is 11.3. The van der Waals surface area contributed by atoms with Crippen LogP contribution >= 0.6 is 0 Å². The van der Waals surface area contributed by atoms with Crippen molar-refractivity contribution in [3.8, 4) is 11.8 Å². The van der Waals surface area contributed by atoms with Gasteiger partial charge >= 0.3 is 0 Å². The van der Waals surface area contributed by atoms with E-state index in [4.69, 9.17) is 14.8 Å². The van der Waals surface area contributed by atoms with Gasteiger partial charge in [-0.15, -0.1) is 0 Å². The molecular formula is C24H25N3O4. The number of ether oxygens (including phenoxy) is 1. The molecule has 0 spiro atoms. The van der Waals surface area contributed by atoms with Gasteiger partial charge in [-0.25, -0.2) is 0 Å². The largest absolute Gasteiger partial charge is 0.478 e. The smallest absolute Gasteiger partial charge is 0.233 e. The topological polar surface area (TPSA) is 91.7 Å². The van der Waals surface area contributed by atoms with Crippen LogP contribution in [0.4, 0.5) is 0 Å². The van der Waals surface area contributed by atoms with Gasteiger partial charge in [0.1, 0.15) is 17.9 Å². The Morgan fingerprint density at radius 3 is 2.71 bits per heavy atom. The molecule has 160 valence electrons. The summed E-state index contributed by atoms with van der Waals surface area (Å²) in [6, 6.07) is 9.64. The van der Waals surface area contributed by atoms with Crippen LogP contribution in [-0.2, 0) is 14.4 Å². The van der Waals surface area contributed by atoms with Gasteiger partial charge in [0.2, 0.25) is 11.8 Å². The molecule has 2 bridgehead atoms. The fourth-order valence-electron chi connectivity index (χ4n) is 6.75. The van der Waals surface area contributed by atoms with Crippen molar-refractivity contribution < 1.29 is 19.2 Å². The van der Waals surface area contributed by atoms with E-state index in [1.54, 1.807) is 4.90 Å². The summed E-state index contributed by atoms with van der Waals surface area (Å²) in [7, 11) is 0. The zero-order valence-electron chi connectivity index (χ0n) is 17.3. The van der Waals surface area contributed by atoms with Gasteiger partial charge in [-0.3, -0.25) is 24.8 Å². The first-order chi connectivity index (χ1) is 15.2. The summed E-state index contributed by atoms with van der Waals surface area (Å²) >= 11 is 0. The first kappa shape index (κ1) is 18.9. The van der Waals surface area contributed by atoms with Crippen LogP contribution in [0.2, 0.25) is 0 Å². The maximum atomic E-state index is 13.5. The number of hydroxylamine groups is 1. The number of imide groups is 1. The lowest BCUT2D eigenvalue weighted by Gasteiger charge is -2.30. The Morgan fingerprint density at radius 1 is 1.13 bits per heavy atom. The molecule has 0 aromatic heterocycles. The standard InChI is InChI=1S/C24H25N3O4/c25-10-11-30-17-9-5-4-8-14(17)21-20-15-12-16(22(20)31-26-21)19-18(15)23(28)27(24(19)29)13-6-2-1-3-7-13/h4-5,8-9,13,15-16,18-19,22,26H,1-3,6-7,11-12H2/t15-,16+,18+,19-,22+/m0/s1. The second kappa shape index (κ2) is 7.10. The van der Waals surface area contributed by atoms with Gasteiger partial charge in [-0.2, -0.15) is 5.26 Å². The number of nitrogens with zero attached hydrogens (tertiary/aromatic N) is 2. The van der Waals surface area contributed by atoms with Gasteiger partial charge in [0, 0.05) is 17.5 Å². The molecule has 5 atom stereocenters. The summed E-state index contributed by atoms with van der Waals surface area (Å²) < 4.78 is 5.63. The number of hydrogen-bond donors (Lipinski definition) is 1. The van der Waals surface area contributed by atoms with E-state index >= 15 is 0 Å². The van der Waals surface area contributed by atoms with Crippen molar-refractivity contribution in [3.63, 3.8) is 0 Å². The maximum Gasteiger partial charge on any atom is 0.233 e. The van der Waals surface area contributed by atoms with E-state index in [9.17, 15) is 9.59 Å². The van der Waals surface area contributed by atoms with Crippen molar-refractivity contribution in [1.29, 1.82) is 5.26 Å². The molecule has 1 saturated heterocycles. The van der Waals surface area contributed by atoms with E-state index in [0.29, 0.717) is 5.75 Å². The Kier molecular flexibility index (Phi) is 4.32. The Morgan fingerprint density at radius 2 is 1.90 bits per heavy atom. The van der Waals surface area contributed by atoms with E-state index in [-0.39, 0.29) is 54.2 Å². The van der Waals surface area contributed by atoms with Crippen molar-refractivity contribution >= 4 is 17.5 Å². The molecular weight excluding hydrogens is 394 g/mol. The highest BCUT2D eigenvalue weighted by atomic mass is 16.7. The highest BCUT2D eigenvalue weighted by Crippen LogP contribution is 2.62. The van der Waals surface area contributed by atoms with Gasteiger partial charge in [-0.1, -0.05) is 31.4 Å². The summed E-state index contributed by atoms with van der Waals surface area (Å²) in [5, 5.41) is 8.91. The number of likely N-dealkylation sites (tertiary alicyclic amines) is 1. The summed E-state index contributed by atoms with van der Waals surface area (Å²) in [5.41, 5.74) is 5.82. The number of hydrogen-bond acceptors (Lipinski definition) is 6. The summed E-state index contributed by atoms with van der Waals surface area (Å²) in [6.45, 7) is -0.0377. The molecule has 6 rings (SSSR count). The third kappa shape index (κ3) is 2.61. The van der Waals surface area contributed by atoms with E-state index < -0.39 is 0 Å². The molecule has 1 aromatic rings. The average molecular weight is 419 g/mol. The number of nitriles is 1. The fraction of sp³-hybridized carbons (Fsp3) is 0.542. The van der Waals surface area contributed by atoms with Crippen molar-refractivity contribution in [2.24, 2.45) is 23.7 Å². The van der Waals surface area contributed by atoms with E-state index in [1.807, 2.05) is 30.3 Å². The van der Waals surface area contributed by atoms with Crippen molar-refractivity contribution in [3.05, 3.63) is 35.4 Å². The predicted octanol–water partition coefficient (Wildman–Crippen LogP) is 2.79. The summed E-state index contributed by atoms with van der Waals surface area (Å²) in [6.07, 6.45) is 5.88. The summed E-state index contributed by atoms with van der Waals surface area (Å²) in [4.78, 5) is 34.5. The Labute approximate surface area is 180 Å². The lowest BCUT2D eigenvalue weighted by atomic mass is 9.76. The minimum atomic E-state index is -0.267. The molecule has 3 saturated carbocycles. The SMILES string of the molecule is N#CCOc1ccccc1C1=C2[C@H]3C[C@H]([C@@H]4C(=O)N(C5CCCCC5)C(=O)[C@@H]43)[C@H]2ON1. The number of amides is 2. The molecule has 2 heterocycles. The zero-order valence-corrected chi connectivity index (χ0v) is 17.3. The van der Waals surface area contributed by atoms with Crippen molar-refractivity contribution in [2.45, 2.75) is 50.7 Å². The Bertz CT molecular complexity index is 1020. The molecule has 2 aliphatic heterocycles. The second-order valence-corrected chi connectivity index (χ2v) is 9.31. The number of benzene rings is 1. The van der Waals surface area contributed by atoms with E-state index in [0.717, 1.165) is 48.9 Å². The lowest BCUT2D eigenvalue weighted by Crippen LogP contribution is -2.43. The molecule has 1 aromatic carbocycles. The molecule has 5 aliphatic rings. The molecule has 1 N–H and O–H groups in total. The number of nitrogens with one attached hydrogen (secondary N) is 1. The number of carbonyl (C=O) groups is 2. The molecule has 3 aliphatic carbocycles. The van der Waals surface area contributed by atoms with Crippen LogP contribution in [0, 0.1) is 35.0 Å². The molecule has 4 fully saturated rings. The maximum absolute atomic E-state index is 13.5. The minimum Gasteiger partial charge on any atom is -0.478 e. The second-order valence-electron chi connectivity index (χ2n) is 9.31. The van der Waals surface area contributed by atoms with E-state index in [1.165, 1.54) is 6.42 Å². The Balaban J connectivity index is 1.36. The monoisotopic (exact) mass is 419 g/mol. The number of rotatable bonds is 4. The quantitative estimate of drug-likeness (QED) is 0.755. The van der Waals surface area contributed by atoms with Gasteiger partial charge in [0.05, 0.1) is 17.5 Å². The zero-order chi connectivity index (χ0) is 21.1. The molecule has 7 nitrogen and oxygen atoms in total. The minimum absolute atomic E-state index is 0.0130. The molecule has 0 radical (unpaired) electrons. The first-order valence-corrected chi connectivity index (χ1v) is 11.3. The molecule has 2 amide bonds. The fourth-order valence-corrected chi connectivity index (χ4v) is 6.75. The normalized spacial score (nSPS) is 34.0. The highest BCUT2D eigenvalue weighted by Gasteiger charge is 2.68. The number of para-hydroxylation sites is 1. The van der Waals surface area contributed by atoms with E-state index in [2.05, 4.69) is 5.48 Å². The van der Waals surface area contributed by atoms with Crippen LogP contribution in [0.25, 0.3) is 5.70 Å². The lowest BCUT2D eigenvalue weighted by molar-refractivity contribution is -0.144. The number of carbonyl (C=O) groups excluding carboxylic acids is 2. The van der Waals surface area contributed by atoms with Crippen molar-refractivity contribution in [1.82, 2.24) is 10.4 Å². The molecule has 31 heavy (non-hydrogen) atoms. The third-order valence-corrected chi connectivity index (χ3v) is 7.91. The van der Waals surface area contributed by atoms with Gasteiger partial charge in [-0.05, 0) is 42.9 Å². The van der Waals surface area contributed by atoms with Crippen LogP contribution in [0.1, 0.15) is 44.1 Å². The van der Waals surface area contributed by atoms with Crippen LogP contribution < -0.4 is 10.2 Å². The number of fused-ring (bicyclic) bond motifs is 8. The van der Waals surface area contributed by atoms with Crippen LogP contribution in [-0.4, -0.2) is 35.5 Å². The van der Waals surface area contributed by atoms with Crippen LogP contribution in [0.3, 0.4) is 0 Å². The Hall–Kier alpha value is -2.85. The van der Waals surface area contributed by atoms with Gasteiger partial charge in [0.25, 0.3) is 0 Å². The average Bonchev–Trinajstić information content (AvgIpc) is 3.53. The highest BCUT2D eigenvalue weighted by molar-refractivity contribution is 6.07. The van der Waals surface area contributed by atoms with Crippen molar-refractivity contribution in [2.75, 3.05) is 6.61 Å². The van der Waals surface area contributed by atoms with Gasteiger partial charge < -0.3 is 4.74 Å².